The molecule has 0 aliphatic carbocycles. The quantitative estimate of drug-likeness (QED) is 0.694. The zero-order valence-corrected chi connectivity index (χ0v) is 13.8. The molecule has 0 fully saturated rings. The van der Waals surface area contributed by atoms with E-state index >= 15 is 0 Å². The van der Waals surface area contributed by atoms with E-state index in [9.17, 15) is 9.59 Å². The van der Waals surface area contributed by atoms with Crippen molar-refractivity contribution in [3.05, 3.63) is 65.9 Å². The SMILES string of the molecule is COc1ccc2cc(C(=O)c3ccccc3)n(C(=O)N(C)C)c2c1. The number of carbonyl (C=O) groups excluding carboxylic acids is 2. The van der Waals surface area contributed by atoms with E-state index in [1.807, 2.05) is 18.2 Å². The van der Waals surface area contributed by atoms with E-state index in [1.165, 1.54) is 9.47 Å². The maximum absolute atomic E-state index is 12.9. The van der Waals surface area contributed by atoms with E-state index in [2.05, 4.69) is 0 Å². The number of hydrogen-bond donors (Lipinski definition) is 0. The first-order chi connectivity index (χ1) is 11.5. The predicted octanol–water partition coefficient (Wildman–Crippen LogP) is 3.41. The normalized spacial score (nSPS) is 10.6. The van der Waals surface area contributed by atoms with Crippen LogP contribution in [0.25, 0.3) is 10.9 Å². The Kier molecular flexibility index (Phi) is 4.08. The van der Waals surface area contributed by atoms with Crippen molar-refractivity contribution in [1.82, 2.24) is 9.47 Å². The highest BCUT2D eigenvalue weighted by Gasteiger charge is 2.22. The highest BCUT2D eigenvalue weighted by molar-refractivity contribution is 6.13. The molecule has 1 aromatic heterocycles. The largest absolute Gasteiger partial charge is 0.497 e. The Morgan fingerprint density at radius 3 is 2.33 bits per heavy atom. The lowest BCUT2D eigenvalue weighted by Crippen LogP contribution is -2.29. The molecule has 0 atom stereocenters. The molecule has 24 heavy (non-hydrogen) atoms. The molecule has 0 bridgehead atoms. The third-order valence-electron chi connectivity index (χ3n) is 3.85. The van der Waals surface area contributed by atoms with Crippen LogP contribution in [-0.4, -0.2) is 42.5 Å². The fourth-order valence-electron chi connectivity index (χ4n) is 2.62. The lowest BCUT2D eigenvalue weighted by Gasteiger charge is -2.15. The number of ether oxygens (including phenoxy) is 1. The van der Waals surface area contributed by atoms with Gasteiger partial charge < -0.3 is 9.64 Å². The number of benzene rings is 2. The van der Waals surface area contributed by atoms with Gasteiger partial charge in [-0.3, -0.25) is 9.36 Å². The molecule has 1 heterocycles. The molecule has 5 heteroatoms. The summed E-state index contributed by atoms with van der Waals surface area (Å²) in [6, 6.07) is 15.8. The van der Waals surface area contributed by atoms with Crippen molar-refractivity contribution in [2.45, 2.75) is 0 Å². The summed E-state index contributed by atoms with van der Waals surface area (Å²) in [4.78, 5) is 27.0. The summed E-state index contributed by atoms with van der Waals surface area (Å²) in [5.74, 6) is 0.438. The van der Waals surface area contributed by atoms with Gasteiger partial charge in [-0.15, -0.1) is 0 Å². The van der Waals surface area contributed by atoms with Crippen LogP contribution in [-0.2, 0) is 0 Å². The summed E-state index contributed by atoms with van der Waals surface area (Å²) in [5.41, 5.74) is 1.52. The number of ketones is 1. The molecule has 122 valence electrons. The molecule has 0 saturated heterocycles. The standard InChI is InChI=1S/C19H18N2O3/c1-20(2)19(23)21-16-12-15(24-3)10-9-14(16)11-17(21)18(22)13-7-5-4-6-8-13/h4-12H,1-3H3. The lowest BCUT2D eigenvalue weighted by atomic mass is 10.1. The van der Waals surface area contributed by atoms with Crippen LogP contribution >= 0.6 is 0 Å². The topological polar surface area (TPSA) is 51.5 Å². The molecule has 0 radical (unpaired) electrons. The molecular formula is C19H18N2O3. The summed E-state index contributed by atoms with van der Waals surface area (Å²) in [6.07, 6.45) is 0. The molecule has 0 aliphatic heterocycles. The van der Waals surface area contributed by atoms with Crippen LogP contribution in [0.4, 0.5) is 4.79 Å². The zero-order chi connectivity index (χ0) is 17.3. The second-order valence-electron chi connectivity index (χ2n) is 5.66. The first-order valence-electron chi connectivity index (χ1n) is 7.54. The number of hydrogen-bond acceptors (Lipinski definition) is 3. The van der Waals surface area contributed by atoms with E-state index in [4.69, 9.17) is 4.74 Å². The van der Waals surface area contributed by atoms with Gasteiger partial charge in [0.25, 0.3) is 0 Å². The van der Waals surface area contributed by atoms with Gasteiger partial charge in [0.1, 0.15) is 5.75 Å². The van der Waals surface area contributed by atoms with Crippen molar-refractivity contribution >= 4 is 22.7 Å². The minimum absolute atomic E-state index is 0.194. The molecule has 0 N–H and O–H groups in total. The monoisotopic (exact) mass is 322 g/mol. The van der Waals surface area contributed by atoms with Gasteiger partial charge in [-0.25, -0.2) is 4.79 Å². The van der Waals surface area contributed by atoms with Crippen LogP contribution in [0, 0.1) is 0 Å². The first kappa shape index (κ1) is 15.8. The molecule has 2 aromatic carbocycles. The van der Waals surface area contributed by atoms with Gasteiger partial charge in [-0.1, -0.05) is 30.3 Å². The molecule has 0 aliphatic rings. The minimum Gasteiger partial charge on any atom is -0.497 e. The van der Waals surface area contributed by atoms with E-state index in [0.29, 0.717) is 22.5 Å². The molecule has 3 aromatic rings. The Hall–Kier alpha value is -3.08. The summed E-state index contributed by atoms with van der Waals surface area (Å²) in [5, 5.41) is 0.810. The highest BCUT2D eigenvalue weighted by atomic mass is 16.5. The Morgan fingerprint density at radius 2 is 1.71 bits per heavy atom. The summed E-state index contributed by atoms with van der Waals surface area (Å²) < 4.78 is 6.69. The summed E-state index contributed by atoms with van der Waals surface area (Å²) in [6.45, 7) is 0. The molecule has 3 rings (SSSR count). The average molecular weight is 322 g/mol. The van der Waals surface area contributed by atoms with Gasteiger partial charge >= 0.3 is 6.03 Å². The smallest absolute Gasteiger partial charge is 0.328 e. The molecule has 0 spiro atoms. The summed E-state index contributed by atoms with van der Waals surface area (Å²) >= 11 is 0. The van der Waals surface area contributed by atoms with Crippen molar-refractivity contribution < 1.29 is 14.3 Å². The van der Waals surface area contributed by atoms with Gasteiger partial charge in [0, 0.05) is 31.1 Å². The van der Waals surface area contributed by atoms with Gasteiger partial charge in [0.05, 0.1) is 18.3 Å². The number of fused-ring (bicyclic) bond motifs is 1. The Bertz CT molecular complexity index is 911. The van der Waals surface area contributed by atoms with Crippen molar-refractivity contribution in [3.8, 4) is 5.75 Å². The zero-order valence-electron chi connectivity index (χ0n) is 13.8. The average Bonchev–Trinajstić information content (AvgIpc) is 2.99. The maximum atomic E-state index is 12.9. The molecule has 0 saturated carbocycles. The Morgan fingerprint density at radius 1 is 1.00 bits per heavy atom. The fourth-order valence-corrected chi connectivity index (χ4v) is 2.62. The number of aromatic nitrogens is 1. The first-order valence-corrected chi connectivity index (χ1v) is 7.54. The van der Waals surface area contributed by atoms with Crippen molar-refractivity contribution in [2.24, 2.45) is 0 Å². The Balaban J connectivity index is 2.25. The third-order valence-corrected chi connectivity index (χ3v) is 3.85. The van der Waals surface area contributed by atoms with Crippen LogP contribution in [0.2, 0.25) is 0 Å². The van der Waals surface area contributed by atoms with E-state index in [-0.39, 0.29) is 11.8 Å². The predicted molar refractivity (Wildman–Crippen MR) is 92.8 cm³/mol. The number of methoxy groups -OCH3 is 1. The van der Waals surface area contributed by atoms with Crippen molar-refractivity contribution in [1.29, 1.82) is 0 Å². The Labute approximate surface area is 140 Å². The molecular weight excluding hydrogens is 304 g/mol. The third kappa shape index (κ3) is 2.65. The van der Waals surface area contributed by atoms with Crippen LogP contribution in [0.5, 0.6) is 5.75 Å². The highest BCUT2D eigenvalue weighted by Crippen LogP contribution is 2.26. The van der Waals surface area contributed by atoms with Crippen LogP contribution < -0.4 is 4.74 Å². The number of carbonyl (C=O) groups is 2. The van der Waals surface area contributed by atoms with E-state index < -0.39 is 0 Å². The molecule has 0 unspecified atom stereocenters. The van der Waals surface area contributed by atoms with Gasteiger partial charge in [-0.05, 0) is 18.2 Å². The maximum Gasteiger partial charge on any atom is 0.328 e. The number of nitrogens with zero attached hydrogens (tertiary/aromatic N) is 2. The van der Waals surface area contributed by atoms with Crippen molar-refractivity contribution in [2.75, 3.05) is 21.2 Å². The molecule has 1 amide bonds. The minimum atomic E-state index is -0.280. The summed E-state index contributed by atoms with van der Waals surface area (Å²) in [7, 11) is 4.88. The number of rotatable bonds is 3. The second kappa shape index (κ2) is 6.20. The van der Waals surface area contributed by atoms with E-state index in [0.717, 1.165) is 5.39 Å². The van der Waals surface area contributed by atoms with Crippen LogP contribution in [0.15, 0.2) is 54.6 Å². The van der Waals surface area contributed by atoms with Crippen molar-refractivity contribution in [3.63, 3.8) is 0 Å². The van der Waals surface area contributed by atoms with Gasteiger partial charge in [-0.2, -0.15) is 0 Å². The van der Waals surface area contributed by atoms with Gasteiger partial charge in [0.15, 0.2) is 0 Å². The van der Waals surface area contributed by atoms with E-state index in [1.54, 1.807) is 57.6 Å². The lowest BCUT2D eigenvalue weighted by molar-refractivity contribution is 0.103. The second-order valence-corrected chi connectivity index (χ2v) is 5.66. The van der Waals surface area contributed by atoms with Crippen LogP contribution in [0.3, 0.4) is 0 Å². The number of amides is 1. The van der Waals surface area contributed by atoms with Gasteiger partial charge in [0.2, 0.25) is 5.78 Å². The van der Waals surface area contributed by atoms with Crippen LogP contribution in [0.1, 0.15) is 16.1 Å². The fraction of sp³-hybridized carbons (Fsp3) is 0.158. The molecule has 5 nitrogen and oxygen atoms in total.